The lowest BCUT2D eigenvalue weighted by molar-refractivity contribution is -0.199. The highest BCUT2D eigenvalue weighted by molar-refractivity contribution is 5.94. The van der Waals surface area contributed by atoms with Crippen LogP contribution in [0.15, 0.2) is 30.3 Å². The van der Waals surface area contributed by atoms with Crippen molar-refractivity contribution in [1.29, 1.82) is 0 Å². The second-order valence-corrected chi connectivity index (χ2v) is 4.64. The first kappa shape index (κ1) is 9.85. The van der Waals surface area contributed by atoms with Gasteiger partial charge in [0.05, 0.1) is 6.04 Å². The summed E-state index contributed by atoms with van der Waals surface area (Å²) >= 11 is 0. The Morgan fingerprint density at radius 3 is 2.75 bits per heavy atom. The third-order valence-corrected chi connectivity index (χ3v) is 3.79. The molecule has 0 unspecified atom stereocenters. The normalized spacial score (nSPS) is 33.2. The molecule has 2 saturated heterocycles. The Morgan fingerprint density at radius 1 is 1.25 bits per heavy atom. The highest BCUT2D eigenvalue weighted by atomic mass is 16.3. The van der Waals surface area contributed by atoms with Crippen LogP contribution in [0.4, 0.5) is 0 Å². The molecular weight excluding hydrogens is 202 g/mol. The molecule has 2 heterocycles. The summed E-state index contributed by atoms with van der Waals surface area (Å²) in [5.41, 5.74) is -0.509. The fourth-order valence-corrected chi connectivity index (χ4v) is 2.91. The monoisotopic (exact) mass is 217 g/mol. The minimum atomic E-state index is -1.25. The van der Waals surface area contributed by atoms with Gasteiger partial charge in [0.1, 0.15) is 0 Å². The van der Waals surface area contributed by atoms with E-state index < -0.39 is 5.60 Å². The van der Waals surface area contributed by atoms with Gasteiger partial charge in [-0.05, 0) is 24.8 Å². The molecule has 16 heavy (non-hydrogen) atoms. The molecule has 3 heteroatoms. The number of amides is 1. The molecule has 0 radical (unpaired) electrons. The Bertz CT molecular complexity index is 417. The van der Waals surface area contributed by atoms with Crippen LogP contribution in [-0.2, 0) is 10.4 Å². The molecule has 2 fully saturated rings. The van der Waals surface area contributed by atoms with Crippen molar-refractivity contribution in [3.05, 3.63) is 35.9 Å². The Hall–Kier alpha value is -1.35. The molecule has 2 aliphatic heterocycles. The number of carbonyl (C=O) groups excluding carboxylic acids is 1. The van der Waals surface area contributed by atoms with Gasteiger partial charge >= 0.3 is 0 Å². The van der Waals surface area contributed by atoms with Crippen molar-refractivity contribution in [2.24, 2.45) is 0 Å². The van der Waals surface area contributed by atoms with Gasteiger partial charge in [-0.1, -0.05) is 30.3 Å². The van der Waals surface area contributed by atoms with E-state index in [4.69, 9.17) is 0 Å². The van der Waals surface area contributed by atoms with Gasteiger partial charge in [-0.15, -0.1) is 0 Å². The molecule has 3 rings (SSSR count). The lowest BCUT2D eigenvalue weighted by Gasteiger charge is -2.55. The number of β-lactam (4-membered cyclic amide) rings is 1. The van der Waals surface area contributed by atoms with Crippen molar-refractivity contribution in [2.75, 3.05) is 6.54 Å². The molecule has 0 spiro atoms. The van der Waals surface area contributed by atoms with Crippen molar-refractivity contribution in [1.82, 2.24) is 4.90 Å². The number of carbonyl (C=O) groups is 1. The highest BCUT2D eigenvalue weighted by Gasteiger charge is 2.60. The zero-order chi connectivity index (χ0) is 11.2. The molecular formula is C13H15NO2. The minimum absolute atomic E-state index is 0.00356. The molecule has 1 aromatic carbocycles. The average molecular weight is 217 g/mol. The second kappa shape index (κ2) is 3.32. The van der Waals surface area contributed by atoms with E-state index in [1.165, 1.54) is 0 Å². The fraction of sp³-hybridized carbons (Fsp3) is 0.462. The number of hydrogen-bond acceptors (Lipinski definition) is 2. The Labute approximate surface area is 94.7 Å². The largest absolute Gasteiger partial charge is 0.374 e. The summed E-state index contributed by atoms with van der Waals surface area (Å²) in [4.78, 5) is 13.8. The zero-order valence-corrected chi connectivity index (χ0v) is 9.10. The number of fused-ring (bicyclic) bond motifs is 1. The van der Waals surface area contributed by atoms with E-state index in [1.807, 2.05) is 35.2 Å². The standard InChI is InChI=1S/C13H15NO2/c15-12-13(16,10-6-2-1-3-7-10)11-8-4-5-9-14(11)12/h1-3,6-7,11,16H,4-5,8-9H2/t11-,13-/m0/s1. The maximum atomic E-state index is 12.0. The Balaban J connectivity index is 1.97. The number of nitrogens with zero attached hydrogens (tertiary/aromatic N) is 1. The third kappa shape index (κ3) is 1.09. The van der Waals surface area contributed by atoms with Crippen LogP contribution in [0, 0.1) is 0 Å². The molecule has 0 aliphatic carbocycles. The maximum absolute atomic E-state index is 12.0. The van der Waals surface area contributed by atoms with Gasteiger partial charge in [-0.2, -0.15) is 0 Å². The fourth-order valence-electron chi connectivity index (χ4n) is 2.91. The quantitative estimate of drug-likeness (QED) is 0.720. The first-order valence-corrected chi connectivity index (χ1v) is 5.83. The molecule has 0 saturated carbocycles. The van der Waals surface area contributed by atoms with E-state index in [1.54, 1.807) is 0 Å². The van der Waals surface area contributed by atoms with E-state index in [-0.39, 0.29) is 11.9 Å². The summed E-state index contributed by atoms with van der Waals surface area (Å²) in [6.07, 6.45) is 3.08. The lowest BCUT2D eigenvalue weighted by atomic mass is 9.72. The van der Waals surface area contributed by atoms with Gasteiger partial charge in [0.2, 0.25) is 0 Å². The van der Waals surface area contributed by atoms with Crippen LogP contribution in [0.25, 0.3) is 0 Å². The van der Waals surface area contributed by atoms with Gasteiger partial charge in [0.25, 0.3) is 5.91 Å². The van der Waals surface area contributed by atoms with Crippen LogP contribution in [0.2, 0.25) is 0 Å². The Morgan fingerprint density at radius 2 is 2.00 bits per heavy atom. The van der Waals surface area contributed by atoms with Crippen molar-refractivity contribution >= 4 is 5.91 Å². The first-order valence-electron chi connectivity index (χ1n) is 5.83. The smallest absolute Gasteiger partial charge is 0.261 e. The van der Waals surface area contributed by atoms with Crippen LogP contribution in [-0.4, -0.2) is 28.5 Å². The summed E-state index contributed by atoms with van der Waals surface area (Å²) in [6, 6.07) is 9.30. The summed E-state index contributed by atoms with van der Waals surface area (Å²) in [7, 11) is 0. The number of aliphatic hydroxyl groups is 1. The molecule has 1 amide bonds. The predicted molar refractivity (Wildman–Crippen MR) is 59.7 cm³/mol. The SMILES string of the molecule is O=C1N2CCCC[C@H]2[C@@]1(O)c1ccccc1. The Kier molecular flexibility index (Phi) is 2.04. The van der Waals surface area contributed by atoms with Crippen LogP contribution in [0.5, 0.6) is 0 Å². The molecule has 1 N–H and O–H groups in total. The van der Waals surface area contributed by atoms with Crippen LogP contribution >= 0.6 is 0 Å². The molecule has 1 aromatic rings. The van der Waals surface area contributed by atoms with Crippen LogP contribution < -0.4 is 0 Å². The molecule has 2 aliphatic rings. The van der Waals surface area contributed by atoms with Crippen molar-refractivity contribution < 1.29 is 9.90 Å². The summed E-state index contributed by atoms with van der Waals surface area (Å²) < 4.78 is 0. The maximum Gasteiger partial charge on any atom is 0.261 e. The van der Waals surface area contributed by atoms with E-state index in [0.717, 1.165) is 31.4 Å². The number of piperidine rings is 1. The molecule has 0 aromatic heterocycles. The molecule has 0 bridgehead atoms. The van der Waals surface area contributed by atoms with E-state index in [9.17, 15) is 9.90 Å². The van der Waals surface area contributed by atoms with Crippen molar-refractivity contribution in [3.8, 4) is 0 Å². The van der Waals surface area contributed by atoms with Crippen LogP contribution in [0.3, 0.4) is 0 Å². The lowest BCUT2D eigenvalue weighted by Crippen LogP contribution is -2.72. The number of hydrogen-bond donors (Lipinski definition) is 1. The van der Waals surface area contributed by atoms with Crippen molar-refractivity contribution in [3.63, 3.8) is 0 Å². The van der Waals surface area contributed by atoms with Crippen LogP contribution in [0.1, 0.15) is 24.8 Å². The second-order valence-electron chi connectivity index (χ2n) is 4.64. The van der Waals surface area contributed by atoms with Gasteiger partial charge in [0.15, 0.2) is 5.60 Å². The summed E-state index contributed by atoms with van der Waals surface area (Å²) in [5.74, 6) is -0.122. The van der Waals surface area contributed by atoms with Gasteiger partial charge < -0.3 is 10.0 Å². The minimum Gasteiger partial charge on any atom is -0.374 e. The zero-order valence-electron chi connectivity index (χ0n) is 9.10. The van der Waals surface area contributed by atoms with Gasteiger partial charge in [-0.25, -0.2) is 0 Å². The molecule has 3 nitrogen and oxygen atoms in total. The van der Waals surface area contributed by atoms with Gasteiger partial charge in [0, 0.05) is 6.54 Å². The van der Waals surface area contributed by atoms with E-state index in [0.29, 0.717) is 0 Å². The predicted octanol–water partition coefficient (Wildman–Crippen LogP) is 1.27. The third-order valence-electron chi connectivity index (χ3n) is 3.79. The summed E-state index contributed by atoms with van der Waals surface area (Å²) in [5, 5.41) is 10.6. The summed E-state index contributed by atoms with van der Waals surface area (Å²) in [6.45, 7) is 0.804. The van der Waals surface area contributed by atoms with E-state index in [2.05, 4.69) is 0 Å². The highest BCUT2D eigenvalue weighted by Crippen LogP contribution is 2.44. The first-order chi connectivity index (χ1) is 7.74. The average Bonchev–Trinajstić information content (AvgIpc) is 2.38. The topological polar surface area (TPSA) is 40.5 Å². The molecule has 2 atom stereocenters. The molecule has 84 valence electrons. The number of rotatable bonds is 1. The number of benzene rings is 1. The van der Waals surface area contributed by atoms with E-state index >= 15 is 0 Å². The van der Waals surface area contributed by atoms with Gasteiger partial charge in [-0.3, -0.25) is 4.79 Å². The van der Waals surface area contributed by atoms with Crippen molar-refractivity contribution in [2.45, 2.75) is 30.9 Å².